The van der Waals surface area contributed by atoms with Crippen LogP contribution in [0.1, 0.15) is 6.42 Å². The Morgan fingerprint density at radius 1 is 1.21 bits per heavy atom. The lowest BCUT2D eigenvalue weighted by Gasteiger charge is -2.37. The van der Waals surface area contributed by atoms with Crippen molar-refractivity contribution in [1.82, 2.24) is 15.1 Å². The summed E-state index contributed by atoms with van der Waals surface area (Å²) in [7, 11) is 0. The summed E-state index contributed by atoms with van der Waals surface area (Å²) in [6.45, 7) is 6.45. The van der Waals surface area contributed by atoms with Gasteiger partial charge in [0.2, 0.25) is 5.91 Å². The maximum atomic E-state index is 12.2. The minimum absolute atomic E-state index is 0. The summed E-state index contributed by atoms with van der Waals surface area (Å²) in [4.78, 5) is 16.9. The van der Waals surface area contributed by atoms with Gasteiger partial charge in [0.1, 0.15) is 0 Å². The lowest BCUT2D eigenvalue weighted by molar-refractivity contribution is -0.117. The monoisotopic (exact) mass is 392 g/mol. The van der Waals surface area contributed by atoms with Gasteiger partial charge in [0.15, 0.2) is 0 Å². The van der Waals surface area contributed by atoms with Crippen LogP contribution in [0, 0.1) is 0 Å². The van der Waals surface area contributed by atoms with E-state index in [-0.39, 0.29) is 18.3 Å². The molecule has 2 aliphatic rings. The molecule has 0 spiro atoms. The second kappa shape index (κ2) is 9.22. The minimum Gasteiger partial charge on any atom is -0.322 e. The van der Waals surface area contributed by atoms with E-state index in [0.717, 1.165) is 39.3 Å². The topological polar surface area (TPSA) is 47.6 Å². The smallest absolute Gasteiger partial charge is 0.238 e. The normalized spacial score (nSPS) is 22.2. The van der Waals surface area contributed by atoms with Crippen molar-refractivity contribution in [1.29, 1.82) is 0 Å². The minimum atomic E-state index is -0.0732. The standard InChI is InChI=1S/C16H22Cl2N4O.ClH/c17-13-2-1-3-14(18)16(13)20-15(23)11-21-6-8-22(9-7-21)12-4-5-19-10-12;/h1-3,12,19H,4-11H2,(H,20,23);1H. The first-order valence-electron chi connectivity index (χ1n) is 8.04. The zero-order chi connectivity index (χ0) is 16.2. The highest BCUT2D eigenvalue weighted by molar-refractivity contribution is 6.39. The first-order valence-corrected chi connectivity index (χ1v) is 8.80. The molecule has 1 amide bonds. The quantitative estimate of drug-likeness (QED) is 0.824. The molecule has 8 heteroatoms. The van der Waals surface area contributed by atoms with Gasteiger partial charge in [-0.25, -0.2) is 0 Å². The van der Waals surface area contributed by atoms with E-state index >= 15 is 0 Å². The van der Waals surface area contributed by atoms with Gasteiger partial charge in [-0.1, -0.05) is 29.3 Å². The number of carbonyl (C=O) groups is 1. The number of amides is 1. The zero-order valence-corrected chi connectivity index (χ0v) is 15.8. The highest BCUT2D eigenvalue weighted by atomic mass is 35.5. The van der Waals surface area contributed by atoms with E-state index in [2.05, 4.69) is 20.4 Å². The number of piperazine rings is 1. The van der Waals surface area contributed by atoms with Crippen molar-refractivity contribution in [3.8, 4) is 0 Å². The number of para-hydroxylation sites is 1. The summed E-state index contributed by atoms with van der Waals surface area (Å²) < 4.78 is 0. The predicted octanol–water partition coefficient (Wildman–Crippen LogP) is 2.33. The van der Waals surface area contributed by atoms with E-state index < -0.39 is 0 Å². The lowest BCUT2D eigenvalue weighted by atomic mass is 10.2. The van der Waals surface area contributed by atoms with Gasteiger partial charge >= 0.3 is 0 Å². The number of hydrogen-bond acceptors (Lipinski definition) is 4. The third-order valence-electron chi connectivity index (χ3n) is 4.55. The van der Waals surface area contributed by atoms with Gasteiger partial charge in [0.25, 0.3) is 0 Å². The van der Waals surface area contributed by atoms with Crippen molar-refractivity contribution < 1.29 is 4.79 Å². The first-order chi connectivity index (χ1) is 11.1. The maximum Gasteiger partial charge on any atom is 0.238 e. The third kappa shape index (κ3) is 4.97. The Morgan fingerprint density at radius 3 is 2.46 bits per heavy atom. The van der Waals surface area contributed by atoms with Crippen molar-refractivity contribution in [2.24, 2.45) is 0 Å². The third-order valence-corrected chi connectivity index (χ3v) is 5.18. The molecule has 134 valence electrons. The molecule has 24 heavy (non-hydrogen) atoms. The van der Waals surface area contributed by atoms with Crippen LogP contribution in [0.5, 0.6) is 0 Å². The second-order valence-corrected chi connectivity index (χ2v) is 6.92. The van der Waals surface area contributed by atoms with Crippen LogP contribution >= 0.6 is 35.6 Å². The number of halogens is 3. The average molecular weight is 394 g/mol. The molecule has 2 heterocycles. The van der Waals surface area contributed by atoms with Crippen molar-refractivity contribution in [2.75, 3.05) is 51.1 Å². The molecule has 0 saturated carbocycles. The van der Waals surface area contributed by atoms with Crippen LogP contribution in [-0.4, -0.2) is 67.6 Å². The van der Waals surface area contributed by atoms with Crippen LogP contribution in [0.25, 0.3) is 0 Å². The van der Waals surface area contributed by atoms with Crippen molar-refractivity contribution in [2.45, 2.75) is 12.5 Å². The molecule has 1 atom stereocenters. The Hall–Kier alpha value is -0.560. The van der Waals surface area contributed by atoms with Crippen LogP contribution in [0.2, 0.25) is 10.0 Å². The number of nitrogens with zero attached hydrogens (tertiary/aromatic N) is 2. The second-order valence-electron chi connectivity index (χ2n) is 6.10. The number of hydrogen-bond donors (Lipinski definition) is 2. The fourth-order valence-corrected chi connectivity index (χ4v) is 3.73. The molecule has 2 N–H and O–H groups in total. The Bertz CT molecular complexity index is 538. The van der Waals surface area contributed by atoms with Gasteiger partial charge in [-0.2, -0.15) is 0 Å². The fraction of sp³-hybridized carbons (Fsp3) is 0.562. The van der Waals surface area contributed by atoms with Crippen molar-refractivity contribution in [3.63, 3.8) is 0 Å². The largest absolute Gasteiger partial charge is 0.322 e. The molecular formula is C16H23Cl3N4O. The van der Waals surface area contributed by atoms with E-state index in [0.29, 0.717) is 28.3 Å². The Balaban J connectivity index is 0.00000208. The van der Waals surface area contributed by atoms with Gasteiger partial charge in [0.05, 0.1) is 22.3 Å². The summed E-state index contributed by atoms with van der Waals surface area (Å²) in [5.74, 6) is -0.0732. The summed E-state index contributed by atoms with van der Waals surface area (Å²) in [5.41, 5.74) is 0.497. The number of nitrogens with one attached hydrogen (secondary N) is 2. The molecule has 2 aliphatic heterocycles. The van der Waals surface area contributed by atoms with Gasteiger partial charge in [-0.15, -0.1) is 12.4 Å². The molecule has 2 fully saturated rings. The molecule has 0 bridgehead atoms. The molecule has 0 aliphatic carbocycles. The number of rotatable bonds is 4. The van der Waals surface area contributed by atoms with Crippen molar-refractivity contribution >= 4 is 47.2 Å². The van der Waals surface area contributed by atoms with Crippen molar-refractivity contribution in [3.05, 3.63) is 28.2 Å². The van der Waals surface area contributed by atoms with E-state index in [1.54, 1.807) is 18.2 Å². The molecule has 5 nitrogen and oxygen atoms in total. The Labute approximate surface area is 159 Å². The summed E-state index contributed by atoms with van der Waals surface area (Å²) in [5, 5.41) is 7.16. The zero-order valence-electron chi connectivity index (χ0n) is 13.4. The average Bonchev–Trinajstić information content (AvgIpc) is 3.06. The number of anilines is 1. The van der Waals surface area contributed by atoms with E-state index in [1.807, 2.05) is 0 Å². The molecule has 1 unspecified atom stereocenters. The molecule has 0 radical (unpaired) electrons. The van der Waals surface area contributed by atoms with Gasteiger partial charge in [0, 0.05) is 38.8 Å². The molecule has 3 rings (SSSR count). The van der Waals surface area contributed by atoms with E-state index in [4.69, 9.17) is 23.2 Å². The van der Waals surface area contributed by atoms with Gasteiger partial charge in [-0.05, 0) is 25.1 Å². The fourth-order valence-electron chi connectivity index (χ4n) is 3.24. The summed E-state index contributed by atoms with van der Waals surface area (Å²) >= 11 is 12.2. The highest BCUT2D eigenvalue weighted by Crippen LogP contribution is 2.29. The molecule has 2 saturated heterocycles. The molecule has 1 aromatic carbocycles. The van der Waals surface area contributed by atoms with Gasteiger partial charge in [-0.3, -0.25) is 14.6 Å². The lowest BCUT2D eigenvalue weighted by Crippen LogP contribution is -2.52. The SMILES string of the molecule is Cl.O=C(CN1CCN(C2CCNC2)CC1)Nc1c(Cl)cccc1Cl. The van der Waals surface area contributed by atoms with Crippen LogP contribution in [-0.2, 0) is 4.79 Å². The Morgan fingerprint density at radius 2 is 1.88 bits per heavy atom. The Kier molecular flexibility index (Phi) is 7.60. The van der Waals surface area contributed by atoms with Crippen LogP contribution < -0.4 is 10.6 Å². The van der Waals surface area contributed by atoms with Gasteiger partial charge < -0.3 is 10.6 Å². The predicted molar refractivity (Wildman–Crippen MR) is 102 cm³/mol. The van der Waals surface area contributed by atoms with E-state index in [1.165, 1.54) is 6.42 Å². The van der Waals surface area contributed by atoms with E-state index in [9.17, 15) is 4.79 Å². The molecule has 1 aromatic rings. The van der Waals surface area contributed by atoms with Crippen LogP contribution in [0.4, 0.5) is 5.69 Å². The number of benzene rings is 1. The number of carbonyl (C=O) groups excluding carboxylic acids is 1. The first kappa shape index (κ1) is 19.8. The van der Waals surface area contributed by atoms with Crippen LogP contribution in [0.3, 0.4) is 0 Å². The highest BCUT2D eigenvalue weighted by Gasteiger charge is 2.26. The van der Waals surface area contributed by atoms with Crippen LogP contribution in [0.15, 0.2) is 18.2 Å². The molecule has 0 aromatic heterocycles. The summed E-state index contributed by atoms with van der Waals surface area (Å²) in [6, 6.07) is 5.86. The maximum absolute atomic E-state index is 12.2. The molecular weight excluding hydrogens is 371 g/mol. The summed E-state index contributed by atoms with van der Waals surface area (Å²) in [6.07, 6.45) is 1.23.